The van der Waals surface area contributed by atoms with Crippen LogP contribution in [0.1, 0.15) is 5.69 Å². The monoisotopic (exact) mass is 473 g/mol. The molecule has 15 heteroatoms. The fraction of sp³-hybridized carbons (Fsp3) is 0.333. The van der Waals surface area contributed by atoms with Crippen molar-refractivity contribution in [3.05, 3.63) is 21.7 Å². The zero-order chi connectivity index (χ0) is 22.0. The molecule has 2 atom stereocenters. The van der Waals surface area contributed by atoms with Crippen LogP contribution in [0.3, 0.4) is 0 Å². The zero-order valence-corrected chi connectivity index (χ0v) is 17.7. The van der Waals surface area contributed by atoms with E-state index in [-0.39, 0.29) is 22.2 Å². The van der Waals surface area contributed by atoms with Gasteiger partial charge in [0.1, 0.15) is 22.8 Å². The number of carboxylic acid groups (broad SMARTS) is 2. The number of anilines is 1. The number of aromatic nitrogens is 1. The smallest absolute Gasteiger partial charge is 0.353 e. The molecule has 2 aliphatic heterocycles. The van der Waals surface area contributed by atoms with Crippen LogP contribution in [0.4, 0.5) is 5.13 Å². The maximum Gasteiger partial charge on any atom is 0.353 e. The van der Waals surface area contributed by atoms with Gasteiger partial charge < -0.3 is 26.1 Å². The van der Waals surface area contributed by atoms with Gasteiger partial charge in [-0.05, 0) is 6.26 Å². The number of carbonyl (C=O) groups is 4. The van der Waals surface area contributed by atoms with Gasteiger partial charge in [0.2, 0.25) is 6.61 Å². The lowest BCUT2D eigenvalue weighted by molar-refractivity contribution is -0.150. The standard InChI is InChI=1S/C15H15N5O7S3/c1-28-6-4-29-13-9(12(24)20(13)10(6)14(25)26)18-11(23)8(19-27-2-7(21)22)5-3-30-15(16)17-5/h3,9,13H,2,4H2,1H3,(H2,16,17)(H,18,23)(H,21,22)(H,25,26)/t9?,13-/m0/s1. The highest BCUT2D eigenvalue weighted by atomic mass is 32.2. The van der Waals surface area contributed by atoms with E-state index in [1.165, 1.54) is 28.9 Å². The number of β-lactam (4-membered cyclic amide) rings is 1. The molecule has 3 heterocycles. The molecule has 3 rings (SSSR count). The second kappa shape index (κ2) is 8.93. The Morgan fingerprint density at radius 3 is 2.77 bits per heavy atom. The van der Waals surface area contributed by atoms with Crippen molar-refractivity contribution in [2.45, 2.75) is 11.4 Å². The van der Waals surface area contributed by atoms with Gasteiger partial charge in [-0.15, -0.1) is 34.9 Å². The Bertz CT molecular complexity index is 976. The van der Waals surface area contributed by atoms with Gasteiger partial charge in [-0.25, -0.2) is 14.6 Å². The first kappa shape index (κ1) is 21.9. The molecule has 1 saturated heterocycles. The van der Waals surface area contributed by atoms with Gasteiger partial charge in [0.05, 0.1) is 0 Å². The lowest BCUT2D eigenvalue weighted by Crippen LogP contribution is -2.71. The number of oxime groups is 1. The third kappa shape index (κ3) is 4.22. The van der Waals surface area contributed by atoms with Gasteiger partial charge in [-0.3, -0.25) is 14.5 Å². The van der Waals surface area contributed by atoms with Gasteiger partial charge in [0.15, 0.2) is 10.8 Å². The second-order valence-electron chi connectivity index (χ2n) is 5.82. The van der Waals surface area contributed by atoms with E-state index in [0.29, 0.717) is 10.7 Å². The van der Waals surface area contributed by atoms with Crippen molar-refractivity contribution < 1.29 is 34.2 Å². The molecule has 1 fully saturated rings. The summed E-state index contributed by atoms with van der Waals surface area (Å²) >= 11 is 3.60. The Morgan fingerprint density at radius 1 is 1.47 bits per heavy atom. The van der Waals surface area contributed by atoms with Crippen molar-refractivity contribution in [3.63, 3.8) is 0 Å². The summed E-state index contributed by atoms with van der Waals surface area (Å²) in [6.45, 7) is -0.782. The molecule has 2 amide bonds. The number of nitrogens with two attached hydrogens (primary N) is 1. The summed E-state index contributed by atoms with van der Waals surface area (Å²) in [5, 5.41) is 25.2. The zero-order valence-electron chi connectivity index (χ0n) is 15.2. The molecule has 0 aromatic carbocycles. The minimum absolute atomic E-state index is 0.0519. The van der Waals surface area contributed by atoms with Crippen molar-refractivity contribution in [1.82, 2.24) is 15.2 Å². The summed E-state index contributed by atoms with van der Waals surface area (Å²) in [6.07, 6.45) is 1.72. The first-order valence-electron chi connectivity index (χ1n) is 8.13. The van der Waals surface area contributed by atoms with E-state index in [2.05, 4.69) is 20.3 Å². The minimum Gasteiger partial charge on any atom is -0.479 e. The number of aliphatic carboxylic acids is 2. The Hall–Kier alpha value is -2.78. The molecular formula is C15H15N5O7S3. The van der Waals surface area contributed by atoms with Gasteiger partial charge >= 0.3 is 11.9 Å². The molecule has 0 radical (unpaired) electrons. The maximum atomic E-state index is 12.7. The molecule has 2 aliphatic rings. The predicted molar refractivity (Wildman–Crippen MR) is 110 cm³/mol. The number of carboxylic acids is 2. The number of nitrogens with zero attached hydrogens (tertiary/aromatic N) is 3. The number of rotatable bonds is 8. The number of fused-ring (bicyclic) bond motifs is 1. The summed E-state index contributed by atoms with van der Waals surface area (Å²) in [4.78, 5) is 57.8. The third-order valence-electron chi connectivity index (χ3n) is 3.99. The fourth-order valence-electron chi connectivity index (χ4n) is 2.71. The van der Waals surface area contributed by atoms with E-state index in [9.17, 15) is 24.3 Å². The van der Waals surface area contributed by atoms with Crippen LogP contribution in [0.15, 0.2) is 21.1 Å². The molecule has 160 valence electrons. The summed E-state index contributed by atoms with van der Waals surface area (Å²) < 4.78 is 0. The van der Waals surface area contributed by atoms with Gasteiger partial charge in [-0.2, -0.15) is 0 Å². The van der Waals surface area contributed by atoms with E-state index in [4.69, 9.17) is 10.8 Å². The first-order valence-corrected chi connectivity index (χ1v) is 11.3. The summed E-state index contributed by atoms with van der Waals surface area (Å²) in [5.41, 5.74) is 5.18. The Labute approximate surface area is 181 Å². The Kier molecular flexibility index (Phi) is 6.52. The molecule has 1 aromatic heterocycles. The van der Waals surface area contributed by atoms with Gasteiger partial charge in [-0.1, -0.05) is 5.16 Å². The highest BCUT2D eigenvalue weighted by Gasteiger charge is 2.54. The van der Waals surface area contributed by atoms with Crippen molar-refractivity contribution in [3.8, 4) is 0 Å². The number of nitrogen functional groups attached to an aromatic ring is 1. The van der Waals surface area contributed by atoms with Crippen molar-refractivity contribution in [2.75, 3.05) is 24.3 Å². The SMILES string of the molecule is CSC1=C(C(=O)O)N2C(=O)C(NC(=O)C(=NOCC(=O)O)c3csc(N)n3)[C@@H]2SC1. The van der Waals surface area contributed by atoms with Crippen LogP contribution >= 0.6 is 34.9 Å². The van der Waals surface area contributed by atoms with Crippen LogP contribution in [0.5, 0.6) is 0 Å². The maximum absolute atomic E-state index is 12.7. The molecule has 0 saturated carbocycles. The van der Waals surface area contributed by atoms with Crippen molar-refractivity contribution >= 4 is 69.5 Å². The second-order valence-corrected chi connectivity index (χ2v) is 8.72. The highest BCUT2D eigenvalue weighted by molar-refractivity contribution is 8.05. The van der Waals surface area contributed by atoms with Crippen LogP contribution in [0.2, 0.25) is 0 Å². The van der Waals surface area contributed by atoms with Crippen LogP contribution in [-0.4, -0.2) is 79.6 Å². The molecule has 1 aromatic rings. The van der Waals surface area contributed by atoms with Crippen LogP contribution < -0.4 is 11.1 Å². The molecule has 1 unspecified atom stereocenters. The van der Waals surface area contributed by atoms with Crippen LogP contribution in [-0.2, 0) is 24.0 Å². The predicted octanol–water partition coefficient (Wildman–Crippen LogP) is -0.410. The lowest BCUT2D eigenvalue weighted by Gasteiger charge is -2.49. The summed E-state index contributed by atoms with van der Waals surface area (Å²) in [5.74, 6) is -3.54. The van der Waals surface area contributed by atoms with E-state index >= 15 is 0 Å². The molecule has 12 nitrogen and oxygen atoms in total. The molecule has 5 N–H and O–H groups in total. The normalized spacial score (nSPS) is 21.0. The van der Waals surface area contributed by atoms with E-state index in [1.54, 1.807) is 6.26 Å². The molecule has 0 spiro atoms. The van der Waals surface area contributed by atoms with Crippen LogP contribution in [0.25, 0.3) is 0 Å². The average Bonchev–Trinajstić information content (AvgIpc) is 3.13. The van der Waals surface area contributed by atoms with Crippen molar-refractivity contribution in [2.24, 2.45) is 5.16 Å². The van der Waals surface area contributed by atoms with Gasteiger partial charge in [0, 0.05) is 16.0 Å². The number of carbonyl (C=O) groups excluding carboxylic acids is 2. The Balaban J connectivity index is 1.79. The molecule has 30 heavy (non-hydrogen) atoms. The number of amides is 2. The molecule has 0 bridgehead atoms. The Morgan fingerprint density at radius 2 is 2.20 bits per heavy atom. The first-order chi connectivity index (χ1) is 14.2. The average molecular weight is 474 g/mol. The minimum atomic E-state index is -1.29. The number of hydrogen-bond acceptors (Lipinski definition) is 11. The lowest BCUT2D eigenvalue weighted by atomic mass is 10.0. The number of thioether (sulfide) groups is 2. The quantitative estimate of drug-likeness (QED) is 0.218. The van der Waals surface area contributed by atoms with E-state index < -0.39 is 41.8 Å². The fourth-order valence-corrected chi connectivity index (χ4v) is 5.51. The molecular weight excluding hydrogens is 458 g/mol. The number of nitrogens with one attached hydrogen (secondary N) is 1. The van der Waals surface area contributed by atoms with E-state index in [0.717, 1.165) is 16.2 Å². The molecule has 0 aliphatic carbocycles. The van der Waals surface area contributed by atoms with Gasteiger partial charge in [0.25, 0.3) is 11.8 Å². The summed E-state index contributed by atoms with van der Waals surface area (Å²) in [6, 6.07) is -0.985. The third-order valence-corrected chi connectivity index (χ3v) is 6.96. The number of thiazole rings is 1. The van der Waals surface area contributed by atoms with Crippen molar-refractivity contribution in [1.29, 1.82) is 0 Å². The van der Waals surface area contributed by atoms with Crippen LogP contribution in [0, 0.1) is 0 Å². The largest absolute Gasteiger partial charge is 0.479 e. The topological polar surface area (TPSA) is 185 Å². The van der Waals surface area contributed by atoms with E-state index in [1.807, 2.05) is 0 Å². The summed E-state index contributed by atoms with van der Waals surface area (Å²) in [7, 11) is 0. The number of hydrogen-bond donors (Lipinski definition) is 4. The highest BCUT2D eigenvalue weighted by Crippen LogP contribution is 2.42.